The molecule has 1 aromatic carbocycles. The minimum Gasteiger partial charge on any atom is -0.423 e. The Morgan fingerprint density at radius 3 is 2.47 bits per heavy atom. The summed E-state index contributed by atoms with van der Waals surface area (Å²) in [5.41, 5.74) is -0.121. The molecule has 0 spiro atoms. The molecular weight excluding hydrogens is 240 g/mol. The van der Waals surface area contributed by atoms with Gasteiger partial charge < -0.3 is 20.6 Å². The molecule has 0 aromatic heterocycles. The monoisotopic (exact) mass is 248 g/mol. The molecular formula is C8H8BF3N2O3. The summed E-state index contributed by atoms with van der Waals surface area (Å²) in [6, 6.07) is 3.25. The Labute approximate surface area is 94.5 Å². The maximum absolute atomic E-state index is 12.0. The second-order valence-electron chi connectivity index (χ2n) is 3.00. The molecule has 0 bridgehead atoms. The van der Waals surface area contributed by atoms with Crippen molar-refractivity contribution in [1.82, 2.24) is 0 Å². The molecule has 0 heterocycles. The van der Waals surface area contributed by atoms with Gasteiger partial charge in [-0.2, -0.15) is 5.10 Å². The van der Waals surface area contributed by atoms with Crippen molar-refractivity contribution in [2.75, 3.05) is 0 Å². The van der Waals surface area contributed by atoms with E-state index in [-0.39, 0.29) is 0 Å². The van der Waals surface area contributed by atoms with Crippen molar-refractivity contribution in [2.45, 2.75) is 6.36 Å². The molecule has 0 fully saturated rings. The third-order valence-corrected chi connectivity index (χ3v) is 1.76. The van der Waals surface area contributed by atoms with Crippen molar-refractivity contribution in [3.63, 3.8) is 0 Å². The van der Waals surface area contributed by atoms with Crippen molar-refractivity contribution in [3.05, 3.63) is 23.8 Å². The number of benzene rings is 1. The molecule has 0 saturated carbocycles. The Bertz CT molecular complexity index is 423. The quantitative estimate of drug-likeness (QED) is 0.293. The molecule has 0 radical (unpaired) electrons. The van der Waals surface area contributed by atoms with E-state index in [4.69, 9.17) is 15.9 Å². The number of nitrogens with zero attached hydrogens (tertiary/aromatic N) is 1. The predicted molar refractivity (Wildman–Crippen MR) is 54.7 cm³/mol. The number of hydrazone groups is 1. The maximum Gasteiger partial charge on any atom is 0.573 e. The van der Waals surface area contributed by atoms with E-state index < -0.39 is 24.7 Å². The van der Waals surface area contributed by atoms with Gasteiger partial charge in [0.2, 0.25) is 0 Å². The standard InChI is InChI=1S/C8H8BF3N2O3/c10-8(11,12)17-7-2-1-5(4-14-13)3-6(7)9(15)16/h1-4,15-16H,13H2. The van der Waals surface area contributed by atoms with Crippen molar-refractivity contribution in [3.8, 4) is 5.75 Å². The highest BCUT2D eigenvalue weighted by molar-refractivity contribution is 6.59. The van der Waals surface area contributed by atoms with Crippen LogP contribution in [-0.2, 0) is 0 Å². The van der Waals surface area contributed by atoms with Crippen molar-refractivity contribution in [2.24, 2.45) is 10.9 Å². The summed E-state index contributed by atoms with van der Waals surface area (Å²) in [7, 11) is -2.10. The Balaban J connectivity index is 3.13. The summed E-state index contributed by atoms with van der Waals surface area (Å²) < 4.78 is 39.6. The zero-order valence-electron chi connectivity index (χ0n) is 8.35. The van der Waals surface area contributed by atoms with Crippen LogP contribution in [0.4, 0.5) is 13.2 Å². The van der Waals surface area contributed by atoms with Crippen molar-refractivity contribution < 1.29 is 28.0 Å². The smallest absolute Gasteiger partial charge is 0.423 e. The molecule has 0 aliphatic carbocycles. The van der Waals surface area contributed by atoms with E-state index in [2.05, 4.69) is 9.84 Å². The van der Waals surface area contributed by atoms with Crippen molar-refractivity contribution in [1.29, 1.82) is 0 Å². The molecule has 0 amide bonds. The largest absolute Gasteiger partial charge is 0.573 e. The van der Waals surface area contributed by atoms with Crippen LogP contribution in [0.3, 0.4) is 0 Å². The first kappa shape index (κ1) is 13.3. The number of rotatable bonds is 3. The highest BCUT2D eigenvalue weighted by Crippen LogP contribution is 2.21. The Hall–Kier alpha value is -1.74. The number of nitrogens with two attached hydrogens (primary N) is 1. The minimum atomic E-state index is -4.91. The van der Waals surface area contributed by atoms with Crippen LogP contribution < -0.4 is 16.0 Å². The van der Waals surface area contributed by atoms with Gasteiger partial charge in [-0.1, -0.05) is 0 Å². The van der Waals surface area contributed by atoms with Gasteiger partial charge >= 0.3 is 13.5 Å². The Morgan fingerprint density at radius 1 is 1.35 bits per heavy atom. The van der Waals surface area contributed by atoms with Gasteiger partial charge in [0.15, 0.2) is 0 Å². The van der Waals surface area contributed by atoms with Gasteiger partial charge in [-0.25, -0.2) is 0 Å². The molecule has 1 aromatic rings. The van der Waals surface area contributed by atoms with Gasteiger partial charge in [0.05, 0.1) is 6.21 Å². The number of hydrogen-bond acceptors (Lipinski definition) is 5. The second kappa shape index (κ2) is 5.06. The van der Waals surface area contributed by atoms with E-state index in [1.54, 1.807) is 0 Å². The average molecular weight is 248 g/mol. The summed E-state index contributed by atoms with van der Waals surface area (Å²) in [6.07, 6.45) is -3.77. The third-order valence-electron chi connectivity index (χ3n) is 1.76. The molecule has 0 unspecified atom stereocenters. The van der Waals surface area contributed by atoms with Gasteiger partial charge in [-0.3, -0.25) is 0 Å². The van der Waals surface area contributed by atoms with Crippen LogP contribution in [0.5, 0.6) is 5.75 Å². The van der Waals surface area contributed by atoms with Crippen LogP contribution in [0.15, 0.2) is 23.3 Å². The summed E-state index contributed by atoms with van der Waals surface area (Å²) in [6.45, 7) is 0. The van der Waals surface area contributed by atoms with Crippen LogP contribution >= 0.6 is 0 Å². The molecule has 17 heavy (non-hydrogen) atoms. The normalized spacial score (nSPS) is 11.8. The van der Waals surface area contributed by atoms with Crippen molar-refractivity contribution >= 4 is 18.8 Å². The molecule has 0 atom stereocenters. The van der Waals surface area contributed by atoms with E-state index in [0.29, 0.717) is 5.56 Å². The summed E-state index contributed by atoms with van der Waals surface area (Å²) in [4.78, 5) is 0. The van der Waals surface area contributed by atoms with Crippen LogP contribution in [0.1, 0.15) is 5.56 Å². The van der Waals surface area contributed by atoms with Gasteiger partial charge in [0.1, 0.15) is 5.75 Å². The zero-order chi connectivity index (χ0) is 13.1. The molecule has 0 saturated heterocycles. The lowest BCUT2D eigenvalue weighted by Gasteiger charge is -2.13. The van der Waals surface area contributed by atoms with Gasteiger partial charge in [-0.05, 0) is 23.8 Å². The third kappa shape index (κ3) is 3.96. The number of hydrogen-bond donors (Lipinski definition) is 3. The second-order valence-corrected chi connectivity index (χ2v) is 3.00. The molecule has 0 aliphatic rings. The van der Waals surface area contributed by atoms with Crippen LogP contribution in [0.2, 0.25) is 0 Å². The molecule has 0 aliphatic heterocycles. The SMILES string of the molecule is NN=Cc1ccc(OC(F)(F)F)c(B(O)O)c1. The number of alkyl halides is 3. The minimum absolute atomic E-state index is 0.310. The highest BCUT2D eigenvalue weighted by atomic mass is 19.4. The summed E-state index contributed by atoms with van der Waals surface area (Å²) in [5, 5.41) is 21.0. The molecule has 4 N–H and O–H groups in total. The summed E-state index contributed by atoms with van der Waals surface area (Å²) >= 11 is 0. The average Bonchev–Trinajstić information content (AvgIpc) is 2.18. The van der Waals surface area contributed by atoms with Crippen LogP contribution in [0.25, 0.3) is 0 Å². The van der Waals surface area contributed by atoms with E-state index in [9.17, 15) is 13.2 Å². The Kier molecular flexibility index (Phi) is 3.97. The topological polar surface area (TPSA) is 88.1 Å². The van der Waals surface area contributed by atoms with Crippen LogP contribution in [-0.4, -0.2) is 29.7 Å². The zero-order valence-corrected chi connectivity index (χ0v) is 8.35. The lowest BCUT2D eigenvalue weighted by Crippen LogP contribution is -2.34. The van der Waals surface area contributed by atoms with E-state index in [1.165, 1.54) is 6.07 Å². The first-order chi connectivity index (χ1) is 7.83. The number of ether oxygens (including phenoxy) is 1. The van der Waals surface area contributed by atoms with E-state index in [0.717, 1.165) is 18.3 Å². The molecule has 9 heteroatoms. The first-order valence-electron chi connectivity index (χ1n) is 4.32. The fourth-order valence-corrected chi connectivity index (χ4v) is 1.15. The molecule has 1 rings (SSSR count). The molecule has 5 nitrogen and oxygen atoms in total. The molecule has 92 valence electrons. The van der Waals surface area contributed by atoms with Gasteiger partial charge in [-0.15, -0.1) is 13.2 Å². The Morgan fingerprint density at radius 2 is 2.00 bits per heavy atom. The maximum atomic E-state index is 12.0. The predicted octanol–water partition coefficient (Wildman–Crippen LogP) is -0.442. The van der Waals surface area contributed by atoms with Gasteiger partial charge in [0.25, 0.3) is 0 Å². The fraction of sp³-hybridized carbons (Fsp3) is 0.125. The highest BCUT2D eigenvalue weighted by Gasteiger charge is 2.33. The van der Waals surface area contributed by atoms with E-state index >= 15 is 0 Å². The lowest BCUT2D eigenvalue weighted by atomic mass is 9.79. The van der Waals surface area contributed by atoms with Gasteiger partial charge in [0, 0.05) is 5.46 Å². The first-order valence-corrected chi connectivity index (χ1v) is 4.32. The number of halogens is 3. The lowest BCUT2D eigenvalue weighted by molar-refractivity contribution is -0.274. The van der Waals surface area contributed by atoms with Crippen LogP contribution in [0, 0.1) is 0 Å². The summed E-state index contributed by atoms with van der Waals surface area (Å²) in [5.74, 6) is 4.17. The van der Waals surface area contributed by atoms with E-state index in [1.807, 2.05) is 0 Å². The fourth-order valence-electron chi connectivity index (χ4n) is 1.15.